The average Bonchev–Trinajstić information content (AvgIpc) is 3.35. The van der Waals surface area contributed by atoms with Crippen molar-refractivity contribution in [1.82, 2.24) is 0 Å². The van der Waals surface area contributed by atoms with Gasteiger partial charge in [0.25, 0.3) is 0 Å². The van der Waals surface area contributed by atoms with Crippen LogP contribution in [0.1, 0.15) is 290 Å². The maximum atomic E-state index is 12.9. The Morgan fingerprint density at radius 3 is 0.899 bits per heavy atom. The molecular weight excluding hydrogens is 853 g/mol. The van der Waals surface area contributed by atoms with Crippen LogP contribution < -0.4 is 0 Å². The van der Waals surface area contributed by atoms with Crippen LogP contribution >= 0.6 is 0 Å². The molecule has 0 rings (SSSR count). The van der Waals surface area contributed by atoms with Gasteiger partial charge in [0.15, 0.2) is 6.10 Å². The molecule has 0 heterocycles. The summed E-state index contributed by atoms with van der Waals surface area (Å²) in [6, 6.07) is 0. The Labute approximate surface area is 427 Å². The van der Waals surface area contributed by atoms with Crippen molar-refractivity contribution >= 4 is 17.9 Å². The number of esters is 3. The first kappa shape index (κ1) is 65.8. The second-order valence-electron chi connectivity index (χ2n) is 19.6. The van der Waals surface area contributed by atoms with Gasteiger partial charge in [-0.25, -0.2) is 0 Å². The maximum absolute atomic E-state index is 12.9. The van der Waals surface area contributed by atoms with Crippen LogP contribution in [0.4, 0.5) is 0 Å². The lowest BCUT2D eigenvalue weighted by Gasteiger charge is -2.18. The lowest BCUT2D eigenvalue weighted by Crippen LogP contribution is -2.30. The molecule has 0 spiro atoms. The van der Waals surface area contributed by atoms with E-state index in [-0.39, 0.29) is 37.5 Å². The van der Waals surface area contributed by atoms with Gasteiger partial charge < -0.3 is 14.2 Å². The van der Waals surface area contributed by atoms with Crippen LogP contribution in [0.25, 0.3) is 0 Å². The van der Waals surface area contributed by atoms with Crippen molar-refractivity contribution in [2.75, 3.05) is 13.2 Å². The van der Waals surface area contributed by atoms with Crippen LogP contribution in [0.15, 0.2) is 72.9 Å². The number of hydrogen-bond donors (Lipinski definition) is 0. The van der Waals surface area contributed by atoms with Crippen molar-refractivity contribution in [3.63, 3.8) is 0 Å². The van der Waals surface area contributed by atoms with Gasteiger partial charge in [-0.15, -0.1) is 0 Å². The summed E-state index contributed by atoms with van der Waals surface area (Å²) in [6.07, 6.45) is 73.2. The molecule has 0 aliphatic carbocycles. The van der Waals surface area contributed by atoms with Crippen molar-refractivity contribution in [3.8, 4) is 0 Å². The fourth-order valence-corrected chi connectivity index (χ4v) is 8.23. The van der Waals surface area contributed by atoms with E-state index in [4.69, 9.17) is 14.2 Å². The Balaban J connectivity index is 4.44. The van der Waals surface area contributed by atoms with Gasteiger partial charge in [0.1, 0.15) is 13.2 Å². The molecule has 0 aromatic carbocycles. The molecule has 6 heteroatoms. The number of allylic oxidation sites excluding steroid dienone is 12. The first-order valence-corrected chi connectivity index (χ1v) is 29.4. The number of unbranched alkanes of at least 4 members (excludes halogenated alkanes) is 30. The fraction of sp³-hybridized carbons (Fsp3) is 0.762. The summed E-state index contributed by atoms with van der Waals surface area (Å²) in [5.41, 5.74) is 0. The Kier molecular flexibility index (Phi) is 54.8. The third kappa shape index (κ3) is 55.6. The van der Waals surface area contributed by atoms with Gasteiger partial charge in [0.05, 0.1) is 0 Å². The molecule has 69 heavy (non-hydrogen) atoms. The summed E-state index contributed by atoms with van der Waals surface area (Å²) >= 11 is 0. The van der Waals surface area contributed by atoms with Gasteiger partial charge in [-0.2, -0.15) is 0 Å². The predicted molar refractivity (Wildman–Crippen MR) is 298 cm³/mol. The summed E-state index contributed by atoms with van der Waals surface area (Å²) in [5.74, 6) is -0.943. The zero-order valence-corrected chi connectivity index (χ0v) is 45.6. The first-order chi connectivity index (χ1) is 34.0. The van der Waals surface area contributed by atoms with Crippen LogP contribution in [0.3, 0.4) is 0 Å². The van der Waals surface area contributed by atoms with Crippen molar-refractivity contribution in [1.29, 1.82) is 0 Å². The van der Waals surface area contributed by atoms with Gasteiger partial charge in [-0.05, 0) is 89.9 Å². The summed E-state index contributed by atoms with van der Waals surface area (Å²) in [4.78, 5) is 38.2. The Morgan fingerprint density at radius 2 is 0.536 bits per heavy atom. The normalized spacial score (nSPS) is 12.6. The van der Waals surface area contributed by atoms with Crippen molar-refractivity contribution in [2.45, 2.75) is 297 Å². The second kappa shape index (κ2) is 57.4. The lowest BCUT2D eigenvalue weighted by atomic mass is 10.0. The number of carbonyl (C=O) groups is 3. The van der Waals surface area contributed by atoms with Crippen LogP contribution in [0.5, 0.6) is 0 Å². The highest BCUT2D eigenvalue weighted by molar-refractivity contribution is 5.71. The number of carbonyl (C=O) groups excluding carboxylic acids is 3. The highest BCUT2D eigenvalue weighted by Crippen LogP contribution is 2.16. The Morgan fingerprint density at radius 1 is 0.290 bits per heavy atom. The molecule has 0 aromatic heterocycles. The summed E-state index contributed by atoms with van der Waals surface area (Å²) in [7, 11) is 0. The molecule has 0 unspecified atom stereocenters. The predicted octanol–water partition coefficient (Wildman–Crippen LogP) is 19.8. The highest BCUT2D eigenvalue weighted by Gasteiger charge is 2.19. The van der Waals surface area contributed by atoms with E-state index < -0.39 is 6.10 Å². The van der Waals surface area contributed by atoms with Crippen molar-refractivity contribution in [3.05, 3.63) is 72.9 Å². The van der Waals surface area contributed by atoms with E-state index in [1.807, 2.05) is 0 Å². The zero-order valence-electron chi connectivity index (χ0n) is 45.6. The molecule has 0 saturated carbocycles. The molecule has 0 bridgehead atoms. The van der Waals surface area contributed by atoms with Gasteiger partial charge >= 0.3 is 17.9 Å². The zero-order chi connectivity index (χ0) is 50.0. The topological polar surface area (TPSA) is 78.9 Å². The molecule has 0 aliphatic heterocycles. The number of hydrogen-bond acceptors (Lipinski definition) is 6. The minimum atomic E-state index is -0.798. The third-order valence-corrected chi connectivity index (χ3v) is 12.7. The molecule has 0 fully saturated rings. The minimum absolute atomic E-state index is 0.0924. The molecule has 0 saturated heterocycles. The monoisotopic (exact) mass is 963 g/mol. The average molecular weight is 964 g/mol. The fourth-order valence-electron chi connectivity index (χ4n) is 8.23. The molecular formula is C63H110O6. The van der Waals surface area contributed by atoms with E-state index >= 15 is 0 Å². The Bertz CT molecular complexity index is 1290. The van der Waals surface area contributed by atoms with E-state index in [2.05, 4.69) is 93.7 Å². The number of rotatable bonds is 53. The van der Waals surface area contributed by atoms with Gasteiger partial charge in [0, 0.05) is 19.3 Å². The molecule has 0 radical (unpaired) electrons. The second-order valence-corrected chi connectivity index (χ2v) is 19.6. The standard InChI is InChI=1S/C63H110O6/c1-4-7-10-13-16-19-22-25-28-30-31-33-36-38-41-44-47-50-53-56-62(65)68-59-60(69-63(66)57-54-51-48-45-42-39-34-27-24-21-18-15-12-9-6-3)58-67-61(64)55-52-49-46-43-40-37-35-32-29-26-23-20-17-14-11-8-5-2/h16-17,19-20,25-26,28-29,35,37,43,46,60H,4-15,18,21-24,27,30-34,36,38-42,44-45,47-59H2,1-3H3/b19-16-,20-17-,28-25-,29-26-,37-35-,46-43-/t60-/m0/s1. The molecule has 6 nitrogen and oxygen atoms in total. The minimum Gasteiger partial charge on any atom is -0.462 e. The molecule has 0 aromatic rings. The van der Waals surface area contributed by atoms with Crippen molar-refractivity contribution < 1.29 is 28.6 Å². The first-order valence-electron chi connectivity index (χ1n) is 29.4. The van der Waals surface area contributed by atoms with E-state index in [1.165, 1.54) is 173 Å². The number of ether oxygens (including phenoxy) is 3. The molecule has 1 atom stereocenters. The maximum Gasteiger partial charge on any atom is 0.306 e. The molecule has 0 N–H and O–H groups in total. The Hall–Kier alpha value is -3.15. The van der Waals surface area contributed by atoms with E-state index in [0.29, 0.717) is 19.3 Å². The summed E-state index contributed by atoms with van der Waals surface area (Å²) < 4.78 is 16.8. The largest absolute Gasteiger partial charge is 0.462 e. The summed E-state index contributed by atoms with van der Waals surface area (Å²) in [5, 5.41) is 0. The highest BCUT2D eigenvalue weighted by atomic mass is 16.6. The molecule has 398 valence electrons. The lowest BCUT2D eigenvalue weighted by molar-refractivity contribution is -0.167. The van der Waals surface area contributed by atoms with Crippen molar-refractivity contribution in [2.24, 2.45) is 0 Å². The third-order valence-electron chi connectivity index (χ3n) is 12.7. The van der Waals surface area contributed by atoms with Gasteiger partial charge in [0.2, 0.25) is 0 Å². The van der Waals surface area contributed by atoms with Crippen LogP contribution in [0, 0.1) is 0 Å². The molecule has 0 amide bonds. The SMILES string of the molecule is CCCCC/C=C\C/C=C\C/C=C\C/C=C\CCCC(=O)OC[C@@H](COC(=O)CCCCCCCCCCC/C=C\C/C=C\CCCCC)OC(=O)CCCCCCCCCCCCCCCCC. The van der Waals surface area contributed by atoms with Gasteiger partial charge in [-0.3, -0.25) is 14.4 Å². The van der Waals surface area contributed by atoms with Gasteiger partial charge in [-0.1, -0.05) is 254 Å². The van der Waals surface area contributed by atoms with Crippen LogP contribution in [-0.2, 0) is 28.6 Å². The molecule has 0 aliphatic rings. The van der Waals surface area contributed by atoms with E-state index in [9.17, 15) is 14.4 Å². The van der Waals surface area contributed by atoms with E-state index in [1.54, 1.807) is 0 Å². The van der Waals surface area contributed by atoms with Crippen LogP contribution in [-0.4, -0.2) is 37.2 Å². The smallest absolute Gasteiger partial charge is 0.306 e. The quantitative estimate of drug-likeness (QED) is 0.0262. The van der Waals surface area contributed by atoms with Crippen LogP contribution in [0.2, 0.25) is 0 Å². The summed E-state index contributed by atoms with van der Waals surface area (Å²) in [6.45, 7) is 6.56. The van der Waals surface area contributed by atoms with E-state index in [0.717, 1.165) is 70.6 Å².